The van der Waals surface area contributed by atoms with Crippen LogP contribution in [0.5, 0.6) is 0 Å². The minimum Gasteiger partial charge on any atom is -0.466 e. The maximum absolute atomic E-state index is 12.2. The minimum absolute atomic E-state index is 0.0160. The Morgan fingerprint density at radius 2 is 1.84 bits per heavy atom. The fraction of sp³-hybridized carbons (Fsp3) is 0.526. The van der Waals surface area contributed by atoms with Crippen molar-refractivity contribution in [3.63, 3.8) is 0 Å². The first-order chi connectivity index (χ1) is 12.1. The van der Waals surface area contributed by atoms with Gasteiger partial charge in [0.2, 0.25) is 11.8 Å². The van der Waals surface area contributed by atoms with E-state index in [-0.39, 0.29) is 30.1 Å². The van der Waals surface area contributed by atoms with Crippen molar-refractivity contribution in [2.45, 2.75) is 32.6 Å². The van der Waals surface area contributed by atoms with E-state index in [1.165, 1.54) is 0 Å². The molecular weight excluding hydrogens is 320 g/mol. The summed E-state index contributed by atoms with van der Waals surface area (Å²) in [6, 6.07) is 9.50. The molecule has 0 radical (unpaired) electrons. The first kappa shape index (κ1) is 19.0. The molecular formula is C19H26N2O4. The number of ether oxygens (including phenoxy) is 1. The average molecular weight is 346 g/mol. The number of hydrogen-bond acceptors (Lipinski definition) is 4. The van der Waals surface area contributed by atoms with E-state index < -0.39 is 0 Å². The number of nitrogens with zero attached hydrogens (tertiary/aromatic N) is 1. The molecule has 1 fully saturated rings. The number of carbonyl (C=O) groups is 3. The Bertz CT molecular complexity index is 580. The Kier molecular flexibility index (Phi) is 7.44. The minimum atomic E-state index is -0.164. The van der Waals surface area contributed by atoms with Crippen LogP contribution in [0.2, 0.25) is 0 Å². The van der Waals surface area contributed by atoms with Crippen molar-refractivity contribution in [3.05, 3.63) is 35.9 Å². The smallest absolute Gasteiger partial charge is 0.309 e. The lowest BCUT2D eigenvalue weighted by atomic mass is 9.97. The zero-order valence-electron chi connectivity index (χ0n) is 14.7. The molecule has 1 saturated heterocycles. The highest BCUT2D eigenvalue weighted by molar-refractivity contribution is 5.80. The number of hydrogen-bond donors (Lipinski definition) is 1. The van der Waals surface area contributed by atoms with Crippen molar-refractivity contribution < 1.29 is 19.1 Å². The van der Waals surface area contributed by atoms with Gasteiger partial charge in [0.25, 0.3) is 0 Å². The number of piperidine rings is 1. The van der Waals surface area contributed by atoms with Crippen LogP contribution in [0.4, 0.5) is 0 Å². The van der Waals surface area contributed by atoms with Crippen molar-refractivity contribution in [1.29, 1.82) is 0 Å². The quantitative estimate of drug-likeness (QED) is 0.760. The molecule has 1 heterocycles. The van der Waals surface area contributed by atoms with E-state index >= 15 is 0 Å². The molecule has 2 rings (SSSR count). The molecule has 1 aliphatic rings. The molecule has 25 heavy (non-hydrogen) atoms. The highest BCUT2D eigenvalue weighted by Crippen LogP contribution is 2.19. The summed E-state index contributed by atoms with van der Waals surface area (Å²) in [5.74, 6) is -0.334. The van der Waals surface area contributed by atoms with Gasteiger partial charge in [-0.3, -0.25) is 14.4 Å². The molecule has 0 aromatic heterocycles. The van der Waals surface area contributed by atoms with E-state index in [0.717, 1.165) is 5.56 Å². The number of nitrogens with one attached hydrogen (secondary N) is 1. The van der Waals surface area contributed by atoms with Crippen LogP contribution in [0.25, 0.3) is 0 Å². The Hall–Kier alpha value is -2.37. The number of rotatable bonds is 7. The van der Waals surface area contributed by atoms with Crippen LogP contribution in [0, 0.1) is 5.92 Å². The number of carbonyl (C=O) groups excluding carboxylic acids is 3. The molecule has 136 valence electrons. The highest BCUT2D eigenvalue weighted by Gasteiger charge is 2.27. The van der Waals surface area contributed by atoms with Gasteiger partial charge in [-0.25, -0.2) is 0 Å². The van der Waals surface area contributed by atoms with Gasteiger partial charge < -0.3 is 15.0 Å². The van der Waals surface area contributed by atoms with Gasteiger partial charge in [-0.1, -0.05) is 30.3 Å². The Labute approximate surface area is 148 Å². The standard InChI is InChI=1S/C19H26N2O4/c1-2-25-19(24)16-9-12-21(13-10-16)18(23)8-11-20-17(22)14-15-6-4-3-5-7-15/h3-7,16H,2,8-14H2,1H3,(H,20,22). The number of likely N-dealkylation sites (tertiary alicyclic amines) is 1. The van der Waals surface area contributed by atoms with Crippen LogP contribution in [-0.4, -0.2) is 48.9 Å². The van der Waals surface area contributed by atoms with Gasteiger partial charge in [-0.15, -0.1) is 0 Å². The summed E-state index contributed by atoms with van der Waals surface area (Å²) in [4.78, 5) is 37.5. The summed E-state index contributed by atoms with van der Waals surface area (Å²) in [6.45, 7) is 3.66. The summed E-state index contributed by atoms with van der Waals surface area (Å²) in [5, 5.41) is 2.78. The van der Waals surface area contributed by atoms with Gasteiger partial charge in [0.05, 0.1) is 18.9 Å². The lowest BCUT2D eigenvalue weighted by Gasteiger charge is -2.31. The summed E-state index contributed by atoms with van der Waals surface area (Å²) in [7, 11) is 0. The zero-order chi connectivity index (χ0) is 18.1. The number of esters is 1. The lowest BCUT2D eigenvalue weighted by molar-refractivity contribution is -0.151. The normalized spacial score (nSPS) is 14.8. The SMILES string of the molecule is CCOC(=O)C1CCN(C(=O)CCNC(=O)Cc2ccccc2)CC1. The molecule has 1 aromatic rings. The summed E-state index contributed by atoms with van der Waals surface area (Å²) < 4.78 is 5.03. The van der Waals surface area contributed by atoms with Gasteiger partial charge in [-0.05, 0) is 25.3 Å². The van der Waals surface area contributed by atoms with Gasteiger partial charge in [-0.2, -0.15) is 0 Å². The predicted octanol–water partition coefficient (Wildman–Crippen LogP) is 1.54. The third-order valence-corrected chi connectivity index (χ3v) is 4.34. The van der Waals surface area contributed by atoms with E-state index in [1.54, 1.807) is 11.8 Å². The molecule has 2 amide bonds. The Morgan fingerprint density at radius 3 is 2.48 bits per heavy atom. The molecule has 1 aromatic carbocycles. The monoisotopic (exact) mass is 346 g/mol. The highest BCUT2D eigenvalue weighted by atomic mass is 16.5. The topological polar surface area (TPSA) is 75.7 Å². The fourth-order valence-corrected chi connectivity index (χ4v) is 2.94. The van der Waals surface area contributed by atoms with Crippen molar-refractivity contribution in [2.24, 2.45) is 5.92 Å². The van der Waals surface area contributed by atoms with Crippen LogP contribution >= 0.6 is 0 Å². The van der Waals surface area contributed by atoms with Crippen molar-refractivity contribution in [2.75, 3.05) is 26.2 Å². The van der Waals surface area contributed by atoms with E-state index in [1.807, 2.05) is 30.3 Å². The van der Waals surface area contributed by atoms with Crippen molar-refractivity contribution in [3.8, 4) is 0 Å². The largest absolute Gasteiger partial charge is 0.466 e. The molecule has 0 spiro atoms. The van der Waals surface area contributed by atoms with Crippen LogP contribution in [0.15, 0.2) is 30.3 Å². The second-order valence-electron chi connectivity index (χ2n) is 6.17. The van der Waals surface area contributed by atoms with Crippen molar-refractivity contribution >= 4 is 17.8 Å². The van der Waals surface area contributed by atoms with E-state index in [4.69, 9.17) is 4.74 Å². The van der Waals surface area contributed by atoms with Crippen LogP contribution in [-0.2, 0) is 25.5 Å². The molecule has 6 heteroatoms. The summed E-state index contributed by atoms with van der Waals surface area (Å²) >= 11 is 0. The van der Waals surface area contributed by atoms with Gasteiger partial charge in [0.15, 0.2) is 0 Å². The van der Waals surface area contributed by atoms with Crippen LogP contribution in [0.3, 0.4) is 0 Å². The van der Waals surface area contributed by atoms with Gasteiger partial charge in [0.1, 0.15) is 0 Å². The third kappa shape index (κ3) is 6.21. The third-order valence-electron chi connectivity index (χ3n) is 4.34. The molecule has 0 aliphatic carbocycles. The fourth-order valence-electron chi connectivity index (χ4n) is 2.94. The van der Waals surface area contributed by atoms with Crippen LogP contribution < -0.4 is 5.32 Å². The van der Waals surface area contributed by atoms with E-state index in [0.29, 0.717) is 45.5 Å². The molecule has 0 saturated carbocycles. The number of amides is 2. The van der Waals surface area contributed by atoms with E-state index in [2.05, 4.69) is 5.32 Å². The molecule has 0 bridgehead atoms. The Morgan fingerprint density at radius 1 is 1.16 bits per heavy atom. The van der Waals surface area contributed by atoms with E-state index in [9.17, 15) is 14.4 Å². The van der Waals surface area contributed by atoms with Crippen LogP contribution in [0.1, 0.15) is 31.7 Å². The van der Waals surface area contributed by atoms with Crippen molar-refractivity contribution in [1.82, 2.24) is 10.2 Å². The first-order valence-electron chi connectivity index (χ1n) is 8.85. The lowest BCUT2D eigenvalue weighted by Crippen LogP contribution is -2.41. The molecule has 0 unspecified atom stereocenters. The maximum atomic E-state index is 12.2. The molecule has 6 nitrogen and oxygen atoms in total. The predicted molar refractivity (Wildman–Crippen MR) is 93.7 cm³/mol. The summed E-state index contributed by atoms with van der Waals surface area (Å²) in [6.07, 6.45) is 1.89. The Balaban J connectivity index is 1.64. The first-order valence-corrected chi connectivity index (χ1v) is 8.85. The zero-order valence-corrected chi connectivity index (χ0v) is 14.7. The summed E-state index contributed by atoms with van der Waals surface area (Å²) in [5.41, 5.74) is 0.951. The molecule has 1 N–H and O–H groups in total. The van der Waals surface area contributed by atoms with Gasteiger partial charge in [0, 0.05) is 26.1 Å². The maximum Gasteiger partial charge on any atom is 0.309 e. The van der Waals surface area contributed by atoms with Gasteiger partial charge >= 0.3 is 5.97 Å². The second kappa shape index (κ2) is 9.81. The second-order valence-corrected chi connectivity index (χ2v) is 6.17. The average Bonchev–Trinajstić information content (AvgIpc) is 2.63. The molecule has 1 aliphatic heterocycles. The number of benzene rings is 1. The molecule has 0 atom stereocenters.